The highest BCUT2D eigenvalue weighted by atomic mass is 79.9. The van der Waals surface area contributed by atoms with E-state index in [1.54, 1.807) is 32.0 Å². The number of hydrogen-bond donors (Lipinski definition) is 2. The minimum atomic E-state index is -0.550. The minimum Gasteiger partial charge on any atom is -0.323 e. The van der Waals surface area contributed by atoms with Crippen molar-refractivity contribution in [3.63, 3.8) is 0 Å². The van der Waals surface area contributed by atoms with Crippen LogP contribution in [-0.4, -0.2) is 21.6 Å². The Morgan fingerprint density at radius 3 is 2.33 bits per heavy atom. The third-order valence-electron chi connectivity index (χ3n) is 4.27. The number of anilines is 2. The fraction of sp³-hybridized carbons (Fsp3) is 0.182. The van der Waals surface area contributed by atoms with Gasteiger partial charge in [-0.15, -0.1) is 0 Å². The highest BCUT2D eigenvalue weighted by Crippen LogP contribution is 2.21. The van der Waals surface area contributed by atoms with Gasteiger partial charge in [-0.05, 0) is 34.1 Å². The van der Waals surface area contributed by atoms with E-state index in [1.807, 2.05) is 36.4 Å². The summed E-state index contributed by atoms with van der Waals surface area (Å²) in [5.41, 5.74) is 1.35. The van der Waals surface area contributed by atoms with Gasteiger partial charge in [0.2, 0.25) is 11.8 Å². The van der Waals surface area contributed by atoms with E-state index < -0.39 is 11.5 Å². The molecule has 30 heavy (non-hydrogen) atoms. The molecule has 7 nitrogen and oxygen atoms in total. The van der Waals surface area contributed by atoms with Crippen molar-refractivity contribution in [2.75, 3.05) is 10.6 Å². The second-order valence-corrected chi connectivity index (χ2v) is 7.80. The molecule has 0 spiro atoms. The van der Waals surface area contributed by atoms with Gasteiger partial charge < -0.3 is 10.6 Å². The lowest BCUT2D eigenvalue weighted by Gasteiger charge is -2.13. The number of hydrogen-bond acceptors (Lipinski definition) is 4. The van der Waals surface area contributed by atoms with E-state index >= 15 is 0 Å². The van der Waals surface area contributed by atoms with Gasteiger partial charge in [0.05, 0.1) is 11.4 Å². The van der Waals surface area contributed by atoms with Gasteiger partial charge in [-0.2, -0.15) is 5.10 Å². The largest absolute Gasteiger partial charge is 0.323 e. The van der Waals surface area contributed by atoms with Crippen molar-refractivity contribution in [3.05, 3.63) is 75.5 Å². The fourth-order valence-electron chi connectivity index (χ4n) is 2.65. The van der Waals surface area contributed by atoms with E-state index in [0.29, 0.717) is 11.4 Å². The van der Waals surface area contributed by atoms with Crippen LogP contribution in [0.1, 0.15) is 13.8 Å². The molecule has 3 rings (SSSR count). The Morgan fingerprint density at radius 1 is 1.00 bits per heavy atom. The topological polar surface area (TPSA) is 93.1 Å². The number of halogens is 1. The van der Waals surface area contributed by atoms with Crippen LogP contribution in [0.4, 0.5) is 11.4 Å². The molecule has 0 aliphatic carbocycles. The summed E-state index contributed by atoms with van der Waals surface area (Å²) in [7, 11) is 0. The number of amides is 2. The molecule has 0 atom stereocenters. The number of rotatable bonds is 6. The molecule has 2 aromatic carbocycles. The quantitative estimate of drug-likeness (QED) is 0.573. The highest BCUT2D eigenvalue weighted by molar-refractivity contribution is 9.10. The van der Waals surface area contributed by atoms with Crippen LogP contribution in [0.25, 0.3) is 11.3 Å². The molecule has 3 aromatic rings. The Labute approximate surface area is 182 Å². The summed E-state index contributed by atoms with van der Waals surface area (Å²) >= 11 is 3.37. The van der Waals surface area contributed by atoms with Crippen molar-refractivity contribution in [2.24, 2.45) is 5.92 Å². The van der Waals surface area contributed by atoms with Gasteiger partial charge in [-0.1, -0.05) is 56.3 Å². The third-order valence-corrected chi connectivity index (χ3v) is 4.96. The second-order valence-electron chi connectivity index (χ2n) is 6.94. The molecule has 154 valence electrons. The maximum Gasteiger partial charge on any atom is 0.291 e. The second kappa shape index (κ2) is 9.49. The minimum absolute atomic E-state index is 0.0799. The number of aromatic nitrogens is 2. The average molecular weight is 469 g/mol. The van der Waals surface area contributed by atoms with Gasteiger partial charge in [-0.3, -0.25) is 14.4 Å². The molecule has 1 heterocycles. The first-order valence-corrected chi connectivity index (χ1v) is 10.2. The van der Waals surface area contributed by atoms with Crippen LogP contribution in [0.5, 0.6) is 0 Å². The zero-order valence-corrected chi connectivity index (χ0v) is 18.1. The van der Waals surface area contributed by atoms with Crippen LogP contribution >= 0.6 is 15.9 Å². The van der Waals surface area contributed by atoms with E-state index in [1.165, 1.54) is 6.07 Å². The predicted molar refractivity (Wildman–Crippen MR) is 120 cm³/mol. The van der Waals surface area contributed by atoms with Gasteiger partial charge in [-0.25, -0.2) is 4.68 Å². The molecule has 0 fully saturated rings. The first kappa shape index (κ1) is 21.4. The monoisotopic (exact) mass is 468 g/mol. The van der Waals surface area contributed by atoms with Crippen molar-refractivity contribution in [3.8, 4) is 11.3 Å². The molecule has 0 saturated heterocycles. The van der Waals surface area contributed by atoms with Crippen LogP contribution in [0.3, 0.4) is 0 Å². The van der Waals surface area contributed by atoms with E-state index in [2.05, 4.69) is 31.7 Å². The lowest BCUT2D eigenvalue weighted by Crippen LogP contribution is -2.33. The van der Waals surface area contributed by atoms with Gasteiger partial charge in [0.1, 0.15) is 12.2 Å². The number of para-hydroxylation sites is 1. The Kier molecular flexibility index (Phi) is 6.79. The van der Waals surface area contributed by atoms with Crippen LogP contribution in [0, 0.1) is 5.92 Å². The summed E-state index contributed by atoms with van der Waals surface area (Å²) in [4.78, 5) is 37.6. The summed E-state index contributed by atoms with van der Waals surface area (Å²) < 4.78 is 1.78. The standard InChI is InChI=1S/C22H21BrN4O3/c1-14(2)21(29)25-19-12-18(15-8-4-3-5-9-15)26-27(22(19)30)13-20(28)24-17-11-7-6-10-16(17)23/h3-12,14H,13H2,1-2H3,(H,24,28)(H,25,29). The van der Waals surface area contributed by atoms with E-state index in [-0.39, 0.29) is 24.1 Å². The van der Waals surface area contributed by atoms with E-state index in [9.17, 15) is 14.4 Å². The molecule has 0 unspecified atom stereocenters. The maximum absolute atomic E-state index is 12.9. The summed E-state index contributed by atoms with van der Waals surface area (Å²) in [6.45, 7) is 3.17. The highest BCUT2D eigenvalue weighted by Gasteiger charge is 2.16. The molecule has 0 radical (unpaired) electrons. The number of nitrogens with zero attached hydrogens (tertiary/aromatic N) is 2. The maximum atomic E-state index is 12.9. The molecular weight excluding hydrogens is 448 g/mol. The van der Waals surface area contributed by atoms with Gasteiger partial charge in [0.25, 0.3) is 5.56 Å². The van der Waals surface area contributed by atoms with Crippen LogP contribution in [-0.2, 0) is 16.1 Å². The normalized spacial score (nSPS) is 10.7. The predicted octanol–water partition coefficient (Wildman–Crippen LogP) is 3.91. The van der Waals surface area contributed by atoms with E-state index in [4.69, 9.17) is 0 Å². The Hall–Kier alpha value is -3.26. The molecule has 0 bridgehead atoms. The Balaban J connectivity index is 1.95. The molecular formula is C22H21BrN4O3. The number of benzene rings is 2. The third kappa shape index (κ3) is 5.21. The van der Waals surface area contributed by atoms with Crippen molar-refractivity contribution < 1.29 is 9.59 Å². The van der Waals surface area contributed by atoms with E-state index in [0.717, 1.165) is 14.7 Å². The van der Waals surface area contributed by atoms with Crippen molar-refractivity contribution >= 4 is 39.1 Å². The molecule has 2 N–H and O–H groups in total. The SMILES string of the molecule is CC(C)C(=O)Nc1cc(-c2ccccc2)nn(CC(=O)Nc2ccccc2Br)c1=O. The van der Waals surface area contributed by atoms with Gasteiger partial charge in [0.15, 0.2) is 0 Å². The fourth-order valence-corrected chi connectivity index (χ4v) is 3.04. The Morgan fingerprint density at radius 2 is 1.67 bits per heavy atom. The van der Waals surface area contributed by atoms with Gasteiger partial charge >= 0.3 is 0 Å². The zero-order chi connectivity index (χ0) is 21.7. The molecule has 0 aliphatic rings. The molecule has 1 aromatic heterocycles. The average Bonchev–Trinajstić information content (AvgIpc) is 2.73. The smallest absolute Gasteiger partial charge is 0.291 e. The Bertz CT molecular complexity index is 1130. The van der Waals surface area contributed by atoms with Crippen molar-refractivity contribution in [1.82, 2.24) is 9.78 Å². The lowest BCUT2D eigenvalue weighted by atomic mass is 10.1. The van der Waals surface area contributed by atoms with Crippen LogP contribution in [0.2, 0.25) is 0 Å². The summed E-state index contributed by atoms with van der Waals surface area (Å²) in [5, 5.41) is 9.73. The first-order chi connectivity index (χ1) is 14.3. The van der Waals surface area contributed by atoms with Crippen molar-refractivity contribution in [2.45, 2.75) is 20.4 Å². The van der Waals surface area contributed by atoms with Crippen molar-refractivity contribution in [1.29, 1.82) is 0 Å². The first-order valence-electron chi connectivity index (χ1n) is 9.38. The molecule has 2 amide bonds. The molecule has 0 aliphatic heterocycles. The lowest BCUT2D eigenvalue weighted by molar-refractivity contribution is -0.119. The van der Waals surface area contributed by atoms with Crippen LogP contribution < -0.4 is 16.2 Å². The molecule has 0 saturated carbocycles. The number of carbonyl (C=O) groups excluding carboxylic acids is 2. The van der Waals surface area contributed by atoms with Gasteiger partial charge in [0, 0.05) is 16.0 Å². The number of carbonyl (C=O) groups is 2. The summed E-state index contributed by atoms with van der Waals surface area (Å²) in [6, 6.07) is 17.9. The summed E-state index contributed by atoms with van der Waals surface area (Å²) in [6.07, 6.45) is 0. The van der Waals surface area contributed by atoms with Crippen LogP contribution in [0.15, 0.2) is 69.9 Å². The molecule has 8 heteroatoms. The number of nitrogens with one attached hydrogen (secondary N) is 2. The zero-order valence-electron chi connectivity index (χ0n) is 16.6. The summed E-state index contributed by atoms with van der Waals surface area (Å²) in [5.74, 6) is -1.01.